The largest absolute Gasteiger partial charge is 0.573 e. The molecule has 0 radical (unpaired) electrons. The summed E-state index contributed by atoms with van der Waals surface area (Å²) in [4.78, 5) is 0. The fourth-order valence-corrected chi connectivity index (χ4v) is 4.78. The first kappa shape index (κ1) is 26.5. The second-order valence-corrected chi connectivity index (χ2v) is 9.16. The van der Waals surface area contributed by atoms with E-state index in [2.05, 4.69) is 43.5 Å². The van der Waals surface area contributed by atoms with Gasteiger partial charge in [0.05, 0.1) is 0 Å². The van der Waals surface area contributed by atoms with Crippen LogP contribution in [-0.4, -0.2) is 6.36 Å². The van der Waals surface area contributed by atoms with Crippen molar-refractivity contribution in [2.24, 2.45) is 5.92 Å². The second kappa shape index (κ2) is 11.6. The van der Waals surface area contributed by atoms with Crippen LogP contribution in [0.5, 0.6) is 5.75 Å². The van der Waals surface area contributed by atoms with E-state index in [1.165, 1.54) is 42.7 Å². The Labute approximate surface area is 205 Å². The number of ether oxygens (including phenoxy) is 1. The average molecular weight is 485 g/mol. The minimum absolute atomic E-state index is 0.104. The van der Waals surface area contributed by atoms with E-state index in [4.69, 9.17) is 0 Å². The van der Waals surface area contributed by atoms with Gasteiger partial charge in [0, 0.05) is 11.1 Å². The SMILES string of the molecule is C=CCc1cc(/C(F)=C(\C=C)c2ccc(C3CCC(C)CC3)cc2CC=C)ccc1OC(F)(F)F. The van der Waals surface area contributed by atoms with Crippen LogP contribution in [0.2, 0.25) is 0 Å². The molecule has 1 aliphatic carbocycles. The van der Waals surface area contributed by atoms with E-state index in [1.54, 1.807) is 6.08 Å². The van der Waals surface area contributed by atoms with Gasteiger partial charge in [0.15, 0.2) is 0 Å². The van der Waals surface area contributed by atoms with Crippen LogP contribution in [0.4, 0.5) is 17.6 Å². The van der Waals surface area contributed by atoms with Crippen molar-refractivity contribution in [1.29, 1.82) is 0 Å². The monoisotopic (exact) mass is 484 g/mol. The van der Waals surface area contributed by atoms with E-state index >= 15 is 4.39 Å². The second-order valence-electron chi connectivity index (χ2n) is 9.16. The number of hydrogen-bond acceptors (Lipinski definition) is 1. The van der Waals surface area contributed by atoms with Gasteiger partial charge in [0.2, 0.25) is 0 Å². The topological polar surface area (TPSA) is 9.23 Å². The van der Waals surface area contributed by atoms with Gasteiger partial charge < -0.3 is 4.74 Å². The quantitative estimate of drug-likeness (QED) is 0.149. The summed E-state index contributed by atoms with van der Waals surface area (Å²) in [6, 6.07) is 9.92. The van der Waals surface area contributed by atoms with Gasteiger partial charge in [0.25, 0.3) is 0 Å². The molecule has 2 aromatic carbocycles. The highest BCUT2D eigenvalue weighted by Crippen LogP contribution is 2.39. The molecule has 186 valence electrons. The fourth-order valence-electron chi connectivity index (χ4n) is 4.78. The normalized spacial score (nSPS) is 19.0. The Morgan fingerprint density at radius 2 is 1.60 bits per heavy atom. The standard InChI is InChI=1S/C30H32F4O/c1-5-8-23-18-22(21-12-10-20(4)11-13-21)14-16-27(23)26(7-3)29(31)25-15-17-28(35-30(32,33)34)24(19-25)9-6-2/h5-7,14-21H,1-3,8-13H2,4H3/b29-26-. The van der Waals surface area contributed by atoms with Gasteiger partial charge in [-0.3, -0.25) is 0 Å². The Balaban J connectivity index is 2.03. The Morgan fingerprint density at radius 1 is 0.943 bits per heavy atom. The summed E-state index contributed by atoms with van der Waals surface area (Å²) in [5.41, 5.74) is 3.54. The Kier molecular flexibility index (Phi) is 8.76. The van der Waals surface area contributed by atoms with E-state index in [1.807, 2.05) is 6.07 Å². The first-order chi connectivity index (χ1) is 16.7. The first-order valence-corrected chi connectivity index (χ1v) is 11.9. The van der Waals surface area contributed by atoms with E-state index in [0.29, 0.717) is 23.5 Å². The zero-order valence-corrected chi connectivity index (χ0v) is 20.1. The highest BCUT2D eigenvalue weighted by atomic mass is 19.4. The van der Waals surface area contributed by atoms with Gasteiger partial charge in [-0.25, -0.2) is 4.39 Å². The predicted molar refractivity (Wildman–Crippen MR) is 136 cm³/mol. The molecule has 1 nitrogen and oxygen atoms in total. The van der Waals surface area contributed by atoms with Crippen LogP contribution in [0, 0.1) is 5.92 Å². The predicted octanol–water partition coefficient (Wildman–Crippen LogP) is 9.36. The number of alkyl halides is 3. The number of rotatable bonds is 9. The molecule has 0 amide bonds. The molecule has 0 atom stereocenters. The molecule has 35 heavy (non-hydrogen) atoms. The molecule has 0 heterocycles. The average Bonchev–Trinajstić information content (AvgIpc) is 2.81. The molecule has 1 saturated carbocycles. The third kappa shape index (κ3) is 6.74. The van der Waals surface area contributed by atoms with E-state index < -0.39 is 12.2 Å². The highest BCUT2D eigenvalue weighted by molar-refractivity contribution is 5.93. The smallest absolute Gasteiger partial charge is 0.405 e. The molecule has 1 aliphatic rings. The van der Waals surface area contributed by atoms with Gasteiger partial charge in [-0.15, -0.1) is 26.3 Å². The third-order valence-corrected chi connectivity index (χ3v) is 6.62. The van der Waals surface area contributed by atoms with Crippen molar-refractivity contribution in [3.05, 3.63) is 102 Å². The molecule has 0 saturated heterocycles. The maximum absolute atomic E-state index is 15.8. The van der Waals surface area contributed by atoms with E-state index in [0.717, 1.165) is 30.4 Å². The van der Waals surface area contributed by atoms with Crippen molar-refractivity contribution in [3.63, 3.8) is 0 Å². The Morgan fingerprint density at radius 3 is 2.20 bits per heavy atom. The summed E-state index contributed by atoms with van der Waals surface area (Å²) in [7, 11) is 0. The van der Waals surface area contributed by atoms with Gasteiger partial charge in [0.1, 0.15) is 11.6 Å². The molecule has 0 bridgehead atoms. The van der Waals surface area contributed by atoms with Crippen LogP contribution in [0.1, 0.15) is 66.3 Å². The number of hydrogen-bond donors (Lipinski definition) is 0. The van der Waals surface area contributed by atoms with Crippen LogP contribution >= 0.6 is 0 Å². The van der Waals surface area contributed by atoms with Gasteiger partial charge in [-0.05, 0) is 78.0 Å². The molecule has 0 N–H and O–H groups in total. The lowest BCUT2D eigenvalue weighted by Crippen LogP contribution is -2.18. The van der Waals surface area contributed by atoms with Crippen molar-refractivity contribution in [1.82, 2.24) is 0 Å². The zero-order valence-electron chi connectivity index (χ0n) is 20.1. The summed E-state index contributed by atoms with van der Waals surface area (Å²) in [5.74, 6) is 0.315. The Hall–Kier alpha value is -3.08. The maximum atomic E-state index is 15.8. The summed E-state index contributed by atoms with van der Waals surface area (Å²) in [5, 5.41) is 0. The summed E-state index contributed by atoms with van der Waals surface area (Å²) in [6.45, 7) is 13.5. The number of benzene rings is 2. The van der Waals surface area contributed by atoms with Crippen molar-refractivity contribution in [3.8, 4) is 5.75 Å². The van der Waals surface area contributed by atoms with Gasteiger partial charge in [-0.1, -0.05) is 62.8 Å². The van der Waals surface area contributed by atoms with Gasteiger partial charge >= 0.3 is 6.36 Å². The van der Waals surface area contributed by atoms with Crippen molar-refractivity contribution in [2.75, 3.05) is 0 Å². The van der Waals surface area contributed by atoms with Crippen molar-refractivity contribution >= 4 is 11.4 Å². The molecule has 0 unspecified atom stereocenters. The summed E-state index contributed by atoms with van der Waals surface area (Å²) in [6.07, 6.45) is 5.22. The van der Waals surface area contributed by atoms with Crippen LogP contribution in [0.3, 0.4) is 0 Å². The summed E-state index contributed by atoms with van der Waals surface area (Å²) < 4.78 is 58.2. The lowest BCUT2D eigenvalue weighted by molar-refractivity contribution is -0.274. The van der Waals surface area contributed by atoms with Crippen LogP contribution in [-0.2, 0) is 12.8 Å². The fraction of sp³-hybridized carbons (Fsp3) is 0.333. The Bertz CT molecular complexity index is 1100. The van der Waals surface area contributed by atoms with Gasteiger partial charge in [-0.2, -0.15) is 0 Å². The molecule has 3 rings (SSSR count). The number of allylic oxidation sites excluding steroid dienone is 4. The maximum Gasteiger partial charge on any atom is 0.573 e. The zero-order chi connectivity index (χ0) is 25.6. The number of halogens is 4. The molecular formula is C30H32F4O. The first-order valence-electron chi connectivity index (χ1n) is 11.9. The molecule has 0 aliphatic heterocycles. The molecule has 1 fully saturated rings. The third-order valence-electron chi connectivity index (χ3n) is 6.62. The van der Waals surface area contributed by atoms with Crippen molar-refractivity contribution < 1.29 is 22.3 Å². The minimum atomic E-state index is -4.84. The van der Waals surface area contributed by atoms with Crippen LogP contribution in [0.15, 0.2) is 74.4 Å². The lowest BCUT2D eigenvalue weighted by Gasteiger charge is -2.27. The highest BCUT2D eigenvalue weighted by Gasteiger charge is 2.32. The molecule has 0 aromatic heterocycles. The molecule has 5 heteroatoms. The lowest BCUT2D eigenvalue weighted by atomic mass is 9.78. The van der Waals surface area contributed by atoms with E-state index in [9.17, 15) is 13.2 Å². The van der Waals surface area contributed by atoms with Crippen molar-refractivity contribution in [2.45, 2.75) is 57.7 Å². The van der Waals surface area contributed by atoms with Crippen LogP contribution in [0.25, 0.3) is 11.4 Å². The minimum Gasteiger partial charge on any atom is -0.405 e. The summed E-state index contributed by atoms with van der Waals surface area (Å²) >= 11 is 0. The molecular weight excluding hydrogens is 452 g/mol. The van der Waals surface area contributed by atoms with Crippen LogP contribution < -0.4 is 4.74 Å². The molecule has 0 spiro atoms. The van der Waals surface area contributed by atoms with E-state index in [-0.39, 0.29) is 23.3 Å². The molecule has 2 aromatic rings.